The van der Waals surface area contributed by atoms with E-state index in [1.54, 1.807) is 10.3 Å². The van der Waals surface area contributed by atoms with E-state index in [1.807, 2.05) is 30.3 Å². The van der Waals surface area contributed by atoms with Gasteiger partial charge in [0.2, 0.25) is 5.91 Å². The summed E-state index contributed by atoms with van der Waals surface area (Å²) in [6.45, 7) is 0.101. The molecule has 0 spiro atoms. The number of amides is 2. The first-order valence-electron chi connectivity index (χ1n) is 9.77. The largest absolute Gasteiger partial charge is 0.467 e. The standard InChI is InChI=1S/C21H23N3O6S/c1-29-20(28)16(10-14-6-3-2-4-7-14)23-17(25)12-30-19(27)11-15-13-31-21(22-15)24-9-5-8-18(24)26/h2-4,6-7,13,16H,5,8-12H2,1H3,(H,23,25). The third-order valence-corrected chi connectivity index (χ3v) is 5.55. The third-order valence-electron chi connectivity index (χ3n) is 4.64. The van der Waals surface area contributed by atoms with E-state index in [0.29, 0.717) is 23.8 Å². The maximum absolute atomic E-state index is 12.2. The van der Waals surface area contributed by atoms with Crippen LogP contribution in [0, 0.1) is 0 Å². The molecule has 1 aromatic carbocycles. The number of ether oxygens (including phenoxy) is 2. The van der Waals surface area contributed by atoms with Gasteiger partial charge in [0.1, 0.15) is 6.04 Å². The summed E-state index contributed by atoms with van der Waals surface area (Å²) in [7, 11) is 1.24. The van der Waals surface area contributed by atoms with Crippen molar-refractivity contribution >= 4 is 40.2 Å². The zero-order valence-corrected chi connectivity index (χ0v) is 17.9. The molecule has 1 aromatic heterocycles. The number of rotatable bonds is 9. The van der Waals surface area contributed by atoms with Gasteiger partial charge < -0.3 is 14.8 Å². The number of carbonyl (C=O) groups is 4. The van der Waals surface area contributed by atoms with Crippen molar-refractivity contribution in [1.29, 1.82) is 0 Å². The Hall–Kier alpha value is -3.27. The van der Waals surface area contributed by atoms with Gasteiger partial charge in [0.05, 0.1) is 19.2 Å². The van der Waals surface area contributed by atoms with Crippen LogP contribution in [0.15, 0.2) is 35.7 Å². The van der Waals surface area contributed by atoms with Crippen molar-refractivity contribution in [2.45, 2.75) is 31.7 Å². The topological polar surface area (TPSA) is 115 Å². The summed E-state index contributed by atoms with van der Waals surface area (Å²) in [4.78, 5) is 53.9. The first-order chi connectivity index (χ1) is 15.0. The second-order valence-corrected chi connectivity index (χ2v) is 7.78. The Morgan fingerprint density at radius 2 is 2.03 bits per heavy atom. The van der Waals surface area contributed by atoms with E-state index < -0.39 is 30.5 Å². The smallest absolute Gasteiger partial charge is 0.328 e. The molecule has 0 saturated carbocycles. The van der Waals surface area contributed by atoms with Gasteiger partial charge >= 0.3 is 11.9 Å². The molecule has 1 saturated heterocycles. The molecule has 2 amide bonds. The zero-order chi connectivity index (χ0) is 22.2. The van der Waals surface area contributed by atoms with Gasteiger partial charge in [-0.25, -0.2) is 9.78 Å². The van der Waals surface area contributed by atoms with Gasteiger partial charge in [-0.1, -0.05) is 30.3 Å². The Labute approximate surface area is 183 Å². The lowest BCUT2D eigenvalue weighted by Gasteiger charge is -2.16. The second-order valence-electron chi connectivity index (χ2n) is 6.94. The highest BCUT2D eigenvalue weighted by atomic mass is 32.1. The molecule has 1 aliphatic heterocycles. The predicted molar refractivity (Wildman–Crippen MR) is 112 cm³/mol. The van der Waals surface area contributed by atoms with Crippen molar-refractivity contribution in [2.24, 2.45) is 0 Å². The number of aromatic nitrogens is 1. The van der Waals surface area contributed by atoms with Gasteiger partial charge in [0.25, 0.3) is 5.91 Å². The van der Waals surface area contributed by atoms with Crippen LogP contribution in [-0.2, 0) is 41.5 Å². The lowest BCUT2D eigenvalue weighted by atomic mass is 10.1. The predicted octanol–water partition coefficient (Wildman–Crippen LogP) is 1.26. The Bertz CT molecular complexity index is 946. The lowest BCUT2D eigenvalue weighted by Crippen LogP contribution is -2.44. The number of methoxy groups -OCH3 is 1. The first kappa shape index (κ1) is 22.4. The number of carbonyl (C=O) groups excluding carboxylic acids is 4. The highest BCUT2D eigenvalue weighted by molar-refractivity contribution is 7.14. The van der Waals surface area contributed by atoms with Crippen LogP contribution in [-0.4, -0.2) is 55.0 Å². The highest BCUT2D eigenvalue weighted by Gasteiger charge is 2.25. The fourth-order valence-corrected chi connectivity index (χ4v) is 3.99. The van der Waals surface area contributed by atoms with Gasteiger partial charge in [-0.15, -0.1) is 11.3 Å². The summed E-state index contributed by atoms with van der Waals surface area (Å²) < 4.78 is 9.75. The Morgan fingerprint density at radius 3 is 2.71 bits per heavy atom. The molecule has 31 heavy (non-hydrogen) atoms. The molecule has 2 aromatic rings. The van der Waals surface area contributed by atoms with Crippen LogP contribution in [0.25, 0.3) is 0 Å². The van der Waals surface area contributed by atoms with Crippen LogP contribution < -0.4 is 10.2 Å². The fraction of sp³-hybridized carbons (Fsp3) is 0.381. The average molecular weight is 445 g/mol. The number of nitrogens with zero attached hydrogens (tertiary/aromatic N) is 2. The molecule has 3 rings (SSSR count). The summed E-state index contributed by atoms with van der Waals surface area (Å²) in [5.41, 5.74) is 1.33. The molecular formula is C21H23N3O6S. The molecule has 1 aliphatic rings. The van der Waals surface area contributed by atoms with Crippen molar-refractivity contribution in [3.05, 3.63) is 47.0 Å². The first-order valence-corrected chi connectivity index (χ1v) is 10.7. The summed E-state index contributed by atoms with van der Waals surface area (Å²) >= 11 is 1.29. The summed E-state index contributed by atoms with van der Waals surface area (Å²) in [6.07, 6.45) is 1.44. The van der Waals surface area contributed by atoms with Gasteiger partial charge in [-0.3, -0.25) is 19.3 Å². The van der Waals surface area contributed by atoms with Crippen molar-refractivity contribution in [2.75, 3.05) is 25.2 Å². The van der Waals surface area contributed by atoms with E-state index in [-0.39, 0.29) is 18.7 Å². The van der Waals surface area contributed by atoms with Gasteiger partial charge in [-0.05, 0) is 12.0 Å². The molecule has 1 N–H and O–H groups in total. The molecule has 0 radical (unpaired) electrons. The van der Waals surface area contributed by atoms with Crippen LogP contribution in [0.1, 0.15) is 24.1 Å². The minimum Gasteiger partial charge on any atom is -0.467 e. The second kappa shape index (κ2) is 10.7. The van der Waals surface area contributed by atoms with Crippen LogP contribution >= 0.6 is 11.3 Å². The number of nitrogens with one attached hydrogen (secondary N) is 1. The average Bonchev–Trinajstić information content (AvgIpc) is 3.40. The van der Waals surface area contributed by atoms with Crippen LogP contribution in [0.3, 0.4) is 0 Å². The maximum Gasteiger partial charge on any atom is 0.328 e. The van der Waals surface area contributed by atoms with E-state index in [0.717, 1.165) is 12.0 Å². The molecule has 2 heterocycles. The molecular weight excluding hydrogens is 422 g/mol. The maximum atomic E-state index is 12.2. The van der Waals surface area contributed by atoms with Crippen molar-refractivity contribution in [3.8, 4) is 0 Å². The van der Waals surface area contributed by atoms with Crippen LogP contribution in [0.2, 0.25) is 0 Å². The third kappa shape index (κ3) is 6.35. The minimum atomic E-state index is -0.891. The van der Waals surface area contributed by atoms with E-state index in [1.165, 1.54) is 18.4 Å². The molecule has 0 aliphatic carbocycles. The number of anilines is 1. The quantitative estimate of drug-likeness (QED) is 0.578. The highest BCUT2D eigenvalue weighted by Crippen LogP contribution is 2.25. The Kier molecular flexibility index (Phi) is 7.71. The van der Waals surface area contributed by atoms with E-state index in [2.05, 4.69) is 10.3 Å². The summed E-state index contributed by atoms with van der Waals surface area (Å²) in [5, 5.41) is 4.78. The van der Waals surface area contributed by atoms with E-state index in [9.17, 15) is 19.2 Å². The van der Waals surface area contributed by atoms with Crippen LogP contribution in [0.4, 0.5) is 5.13 Å². The minimum absolute atomic E-state index is 0.0239. The van der Waals surface area contributed by atoms with Crippen molar-refractivity contribution in [3.63, 3.8) is 0 Å². The molecule has 10 heteroatoms. The number of benzene rings is 1. The zero-order valence-electron chi connectivity index (χ0n) is 17.0. The van der Waals surface area contributed by atoms with Gasteiger partial charge in [0.15, 0.2) is 11.7 Å². The number of esters is 2. The Balaban J connectivity index is 1.47. The summed E-state index contributed by atoms with van der Waals surface area (Å²) in [6, 6.07) is 8.29. The molecule has 164 valence electrons. The van der Waals surface area contributed by atoms with Crippen LogP contribution in [0.5, 0.6) is 0 Å². The monoisotopic (exact) mass is 445 g/mol. The molecule has 9 nitrogen and oxygen atoms in total. The van der Waals surface area contributed by atoms with E-state index in [4.69, 9.17) is 9.47 Å². The lowest BCUT2D eigenvalue weighted by molar-refractivity contribution is -0.149. The SMILES string of the molecule is COC(=O)C(Cc1ccccc1)NC(=O)COC(=O)Cc1csc(N2CCCC2=O)n1. The van der Waals surface area contributed by atoms with Gasteiger partial charge in [0, 0.05) is 24.8 Å². The normalized spacial score (nSPS) is 14.2. The Morgan fingerprint density at radius 1 is 1.26 bits per heavy atom. The molecule has 0 bridgehead atoms. The van der Waals surface area contributed by atoms with E-state index >= 15 is 0 Å². The number of thiazole rings is 1. The fourth-order valence-electron chi connectivity index (χ4n) is 3.12. The van der Waals surface area contributed by atoms with Gasteiger partial charge in [-0.2, -0.15) is 0 Å². The number of hydrogen-bond donors (Lipinski definition) is 1. The van der Waals surface area contributed by atoms with Crippen molar-refractivity contribution < 1.29 is 28.7 Å². The summed E-state index contributed by atoms with van der Waals surface area (Å²) in [5.74, 6) is -1.80. The molecule has 1 atom stereocenters. The number of hydrogen-bond acceptors (Lipinski definition) is 8. The molecule has 1 fully saturated rings. The molecule has 1 unspecified atom stereocenters. The van der Waals surface area contributed by atoms with Crippen molar-refractivity contribution in [1.82, 2.24) is 10.3 Å².